The van der Waals surface area contributed by atoms with E-state index in [0.29, 0.717) is 12.5 Å². The maximum Gasteiger partial charge on any atom is 0.214 e. The van der Waals surface area contributed by atoms with Crippen molar-refractivity contribution in [2.75, 3.05) is 25.4 Å². The van der Waals surface area contributed by atoms with Gasteiger partial charge in [0.05, 0.1) is 5.75 Å². The Kier molecular flexibility index (Phi) is 4.33. The Morgan fingerprint density at radius 2 is 2.05 bits per heavy atom. The van der Waals surface area contributed by atoms with Crippen molar-refractivity contribution in [2.45, 2.75) is 31.7 Å². The number of nitrogens with one attached hydrogen (secondary N) is 1. The molecular formula is C16H24N2O2S. The van der Waals surface area contributed by atoms with E-state index in [2.05, 4.69) is 5.32 Å². The lowest BCUT2D eigenvalue weighted by molar-refractivity contribution is 0.217. The molecule has 1 aromatic carbocycles. The minimum atomic E-state index is -3.19. The van der Waals surface area contributed by atoms with Crippen LogP contribution in [0.15, 0.2) is 30.3 Å². The van der Waals surface area contributed by atoms with Crippen LogP contribution in [0.2, 0.25) is 0 Å². The van der Waals surface area contributed by atoms with Gasteiger partial charge in [0.2, 0.25) is 10.0 Å². The minimum absolute atomic E-state index is 0.0333. The van der Waals surface area contributed by atoms with Crippen LogP contribution in [0.5, 0.6) is 0 Å². The molecule has 1 N–H and O–H groups in total. The van der Waals surface area contributed by atoms with Crippen molar-refractivity contribution in [1.29, 1.82) is 0 Å². The van der Waals surface area contributed by atoms with Crippen LogP contribution in [0.1, 0.15) is 31.2 Å². The summed E-state index contributed by atoms with van der Waals surface area (Å²) in [5.74, 6) is 0.742. The highest BCUT2D eigenvalue weighted by atomic mass is 32.2. The van der Waals surface area contributed by atoms with Crippen molar-refractivity contribution in [1.82, 2.24) is 9.62 Å². The molecule has 4 nitrogen and oxygen atoms in total. The molecule has 3 atom stereocenters. The molecule has 2 aliphatic heterocycles. The molecule has 2 fully saturated rings. The molecule has 0 aliphatic carbocycles. The number of piperidine rings is 1. The molecule has 2 aliphatic rings. The smallest absolute Gasteiger partial charge is 0.214 e. The number of rotatable bonds is 4. The molecule has 2 heterocycles. The van der Waals surface area contributed by atoms with E-state index in [0.717, 1.165) is 31.5 Å². The minimum Gasteiger partial charge on any atom is -0.315 e. The Morgan fingerprint density at radius 1 is 1.29 bits per heavy atom. The van der Waals surface area contributed by atoms with Crippen LogP contribution < -0.4 is 5.32 Å². The van der Waals surface area contributed by atoms with E-state index >= 15 is 0 Å². The van der Waals surface area contributed by atoms with E-state index in [1.54, 1.807) is 4.31 Å². The Balaban J connectivity index is 1.74. The molecule has 116 valence electrons. The summed E-state index contributed by atoms with van der Waals surface area (Å²) in [6.45, 7) is 4.46. The van der Waals surface area contributed by atoms with Crippen LogP contribution >= 0.6 is 0 Å². The molecule has 5 heteroatoms. The number of hydrogen-bond donors (Lipinski definition) is 1. The summed E-state index contributed by atoms with van der Waals surface area (Å²) in [6, 6.07) is 10.1. The lowest BCUT2D eigenvalue weighted by Gasteiger charge is -2.36. The van der Waals surface area contributed by atoms with Crippen molar-refractivity contribution in [3.8, 4) is 0 Å². The molecule has 2 saturated heterocycles. The summed E-state index contributed by atoms with van der Waals surface area (Å²) < 4.78 is 27.4. The fourth-order valence-electron chi connectivity index (χ4n) is 3.66. The van der Waals surface area contributed by atoms with Gasteiger partial charge in [0.1, 0.15) is 0 Å². The second-order valence-corrected chi connectivity index (χ2v) is 8.30. The number of nitrogens with zero attached hydrogens (tertiary/aromatic N) is 1. The van der Waals surface area contributed by atoms with E-state index in [9.17, 15) is 8.42 Å². The highest BCUT2D eigenvalue weighted by Crippen LogP contribution is 2.30. The monoisotopic (exact) mass is 308 g/mol. The van der Waals surface area contributed by atoms with Gasteiger partial charge in [-0.05, 0) is 36.8 Å². The molecule has 0 spiro atoms. The highest BCUT2D eigenvalue weighted by Gasteiger charge is 2.41. The molecule has 0 aromatic heterocycles. The number of benzene rings is 1. The summed E-state index contributed by atoms with van der Waals surface area (Å²) >= 11 is 0. The van der Waals surface area contributed by atoms with Gasteiger partial charge < -0.3 is 5.32 Å². The molecule has 0 amide bonds. The second kappa shape index (κ2) is 6.07. The van der Waals surface area contributed by atoms with Crippen molar-refractivity contribution >= 4 is 10.0 Å². The second-order valence-electron chi connectivity index (χ2n) is 6.33. The van der Waals surface area contributed by atoms with E-state index in [4.69, 9.17) is 0 Å². The zero-order valence-electron chi connectivity index (χ0n) is 12.5. The van der Waals surface area contributed by atoms with E-state index in [1.807, 2.05) is 37.3 Å². The first kappa shape index (κ1) is 15.0. The Morgan fingerprint density at radius 3 is 2.81 bits per heavy atom. The predicted octanol–water partition coefficient (Wildman–Crippen LogP) is 1.80. The van der Waals surface area contributed by atoms with E-state index in [-0.39, 0.29) is 17.7 Å². The summed E-state index contributed by atoms with van der Waals surface area (Å²) in [4.78, 5) is 0. The Bertz CT molecular complexity index is 573. The molecule has 0 saturated carbocycles. The topological polar surface area (TPSA) is 49.4 Å². The number of fused-ring (bicyclic) bond motifs is 1. The Labute approximate surface area is 127 Å². The number of sulfonamides is 1. The number of hydrogen-bond acceptors (Lipinski definition) is 3. The SMILES string of the molecule is CC(CS(=O)(=O)N1CCCC2CNCC21)c1ccccc1. The van der Waals surface area contributed by atoms with Gasteiger partial charge >= 0.3 is 0 Å². The molecule has 3 rings (SSSR count). The van der Waals surface area contributed by atoms with Crippen LogP contribution in [0.3, 0.4) is 0 Å². The average Bonchev–Trinajstić information content (AvgIpc) is 2.95. The largest absolute Gasteiger partial charge is 0.315 e. The molecule has 21 heavy (non-hydrogen) atoms. The predicted molar refractivity (Wildman–Crippen MR) is 84.7 cm³/mol. The van der Waals surface area contributed by atoms with Crippen molar-refractivity contribution in [2.24, 2.45) is 5.92 Å². The summed E-state index contributed by atoms with van der Waals surface area (Å²) in [5, 5.41) is 3.35. The summed E-state index contributed by atoms with van der Waals surface area (Å²) in [5.41, 5.74) is 1.10. The fraction of sp³-hybridized carbons (Fsp3) is 0.625. The maximum atomic E-state index is 12.8. The van der Waals surface area contributed by atoms with Crippen molar-refractivity contribution in [3.63, 3.8) is 0 Å². The van der Waals surface area contributed by atoms with E-state index < -0.39 is 10.0 Å². The van der Waals surface area contributed by atoms with Gasteiger partial charge in [-0.2, -0.15) is 4.31 Å². The van der Waals surface area contributed by atoms with Crippen LogP contribution in [-0.4, -0.2) is 44.2 Å². The first-order valence-electron chi connectivity index (χ1n) is 7.83. The zero-order valence-corrected chi connectivity index (χ0v) is 13.3. The van der Waals surface area contributed by atoms with Crippen LogP contribution in [0.4, 0.5) is 0 Å². The lowest BCUT2D eigenvalue weighted by atomic mass is 9.94. The van der Waals surface area contributed by atoms with Gasteiger partial charge in [-0.25, -0.2) is 8.42 Å². The maximum absolute atomic E-state index is 12.8. The average molecular weight is 308 g/mol. The lowest BCUT2D eigenvalue weighted by Crippen LogP contribution is -2.49. The normalized spacial score (nSPS) is 28.2. The van der Waals surface area contributed by atoms with Crippen LogP contribution in [0.25, 0.3) is 0 Å². The van der Waals surface area contributed by atoms with Crippen molar-refractivity contribution < 1.29 is 8.42 Å². The fourth-order valence-corrected chi connectivity index (χ4v) is 5.74. The van der Waals surface area contributed by atoms with Gasteiger partial charge in [-0.15, -0.1) is 0 Å². The van der Waals surface area contributed by atoms with Gasteiger partial charge in [0.15, 0.2) is 0 Å². The first-order chi connectivity index (χ1) is 10.1. The summed E-state index contributed by atoms with van der Waals surface area (Å²) in [7, 11) is -3.19. The first-order valence-corrected chi connectivity index (χ1v) is 9.44. The van der Waals surface area contributed by atoms with Gasteiger partial charge in [-0.3, -0.25) is 0 Å². The van der Waals surface area contributed by atoms with Crippen LogP contribution in [0, 0.1) is 5.92 Å². The quantitative estimate of drug-likeness (QED) is 0.923. The Hall–Kier alpha value is -0.910. The van der Waals surface area contributed by atoms with Crippen molar-refractivity contribution in [3.05, 3.63) is 35.9 Å². The third kappa shape index (κ3) is 3.15. The molecule has 3 unspecified atom stereocenters. The van der Waals surface area contributed by atoms with Gasteiger partial charge in [0, 0.05) is 19.1 Å². The molecule has 0 radical (unpaired) electrons. The van der Waals surface area contributed by atoms with Crippen LogP contribution in [-0.2, 0) is 10.0 Å². The third-order valence-corrected chi connectivity index (χ3v) is 6.90. The van der Waals surface area contributed by atoms with Gasteiger partial charge in [0.25, 0.3) is 0 Å². The third-order valence-electron chi connectivity index (χ3n) is 4.81. The standard InChI is InChI=1S/C16H24N2O2S/c1-13(14-6-3-2-4-7-14)12-21(19,20)18-9-5-8-15-10-17-11-16(15)18/h2-4,6-7,13,15-17H,5,8-12H2,1H3. The highest BCUT2D eigenvalue weighted by molar-refractivity contribution is 7.89. The van der Waals surface area contributed by atoms with E-state index in [1.165, 1.54) is 0 Å². The molecule has 1 aromatic rings. The molecular weight excluding hydrogens is 284 g/mol. The van der Waals surface area contributed by atoms with Gasteiger partial charge in [-0.1, -0.05) is 37.3 Å². The zero-order chi connectivity index (χ0) is 14.9. The molecule has 0 bridgehead atoms. The summed E-state index contributed by atoms with van der Waals surface area (Å²) in [6.07, 6.45) is 2.14.